The number of hydrogen-bond acceptors (Lipinski definition) is 3. The highest BCUT2D eigenvalue weighted by molar-refractivity contribution is 7.99. The second-order valence-electron chi connectivity index (χ2n) is 2.68. The summed E-state index contributed by atoms with van der Waals surface area (Å²) in [6.45, 7) is 2.12. The largest absolute Gasteiger partial charge is 0.398 e. The van der Waals surface area contributed by atoms with Crippen LogP contribution in [0.2, 0.25) is 0 Å². The molecule has 2 nitrogen and oxygen atoms in total. The van der Waals surface area contributed by atoms with Gasteiger partial charge in [-0.2, -0.15) is 5.26 Å². The molecule has 0 saturated heterocycles. The molecular formula is C10H12N2S. The molecule has 0 aliphatic heterocycles. The van der Waals surface area contributed by atoms with Crippen molar-refractivity contribution in [3.05, 3.63) is 23.8 Å². The second-order valence-corrected chi connectivity index (χ2v) is 3.82. The van der Waals surface area contributed by atoms with Crippen LogP contribution < -0.4 is 5.73 Å². The molecule has 0 heterocycles. The predicted molar refractivity (Wildman–Crippen MR) is 56.6 cm³/mol. The fourth-order valence-electron chi connectivity index (χ4n) is 1.00. The van der Waals surface area contributed by atoms with E-state index in [1.54, 1.807) is 17.8 Å². The van der Waals surface area contributed by atoms with Crippen LogP contribution in [0.25, 0.3) is 0 Å². The molecule has 0 unspecified atom stereocenters. The monoisotopic (exact) mass is 192 g/mol. The molecule has 0 spiro atoms. The molecule has 0 aliphatic rings. The topological polar surface area (TPSA) is 49.8 Å². The maximum absolute atomic E-state index is 8.86. The fraction of sp³-hybridized carbons (Fsp3) is 0.300. The zero-order valence-electron chi connectivity index (χ0n) is 7.58. The summed E-state index contributed by atoms with van der Waals surface area (Å²) in [4.78, 5) is 0.990. The van der Waals surface area contributed by atoms with E-state index in [0.29, 0.717) is 11.3 Å². The highest BCUT2D eigenvalue weighted by Crippen LogP contribution is 2.26. The normalized spacial score (nSPS) is 9.54. The van der Waals surface area contributed by atoms with E-state index >= 15 is 0 Å². The molecule has 0 fully saturated rings. The summed E-state index contributed by atoms with van der Waals surface area (Å²) in [5, 5.41) is 8.86. The summed E-state index contributed by atoms with van der Waals surface area (Å²) in [7, 11) is 0. The average Bonchev–Trinajstić information content (AvgIpc) is 2.15. The molecule has 2 N–H and O–H groups in total. The van der Waals surface area contributed by atoms with E-state index < -0.39 is 0 Å². The summed E-state index contributed by atoms with van der Waals surface area (Å²) in [6.07, 6.45) is 1.10. The number of nitrogen functional groups attached to an aromatic ring is 1. The average molecular weight is 192 g/mol. The van der Waals surface area contributed by atoms with Crippen LogP contribution >= 0.6 is 11.8 Å². The number of nitrogens with two attached hydrogens (primary N) is 1. The molecule has 0 aromatic heterocycles. The Kier molecular flexibility index (Phi) is 3.66. The predicted octanol–water partition coefficient (Wildman–Crippen LogP) is 2.64. The lowest BCUT2D eigenvalue weighted by Crippen LogP contribution is -1.92. The Bertz CT molecular complexity index is 328. The van der Waals surface area contributed by atoms with Crippen LogP contribution in [0.1, 0.15) is 18.9 Å². The number of anilines is 1. The van der Waals surface area contributed by atoms with Gasteiger partial charge in [-0.25, -0.2) is 0 Å². The van der Waals surface area contributed by atoms with Crippen LogP contribution in [-0.4, -0.2) is 5.75 Å². The zero-order valence-corrected chi connectivity index (χ0v) is 8.40. The molecule has 0 atom stereocenters. The van der Waals surface area contributed by atoms with Crippen molar-refractivity contribution in [2.75, 3.05) is 11.5 Å². The van der Waals surface area contributed by atoms with Gasteiger partial charge in [-0.3, -0.25) is 0 Å². The van der Waals surface area contributed by atoms with Crippen molar-refractivity contribution in [3.8, 4) is 6.07 Å². The third-order valence-corrected chi connectivity index (χ3v) is 2.90. The van der Waals surface area contributed by atoms with E-state index in [1.807, 2.05) is 12.1 Å². The Balaban J connectivity index is 2.93. The number of nitrogens with zero attached hydrogens (tertiary/aromatic N) is 1. The van der Waals surface area contributed by atoms with Crippen molar-refractivity contribution in [1.29, 1.82) is 5.26 Å². The van der Waals surface area contributed by atoms with Crippen molar-refractivity contribution in [3.63, 3.8) is 0 Å². The molecule has 0 aliphatic carbocycles. The van der Waals surface area contributed by atoms with E-state index in [1.165, 1.54) is 0 Å². The van der Waals surface area contributed by atoms with Gasteiger partial charge in [0.2, 0.25) is 0 Å². The summed E-state index contributed by atoms with van der Waals surface area (Å²) in [5.41, 5.74) is 6.85. The van der Waals surface area contributed by atoms with Crippen LogP contribution in [0.15, 0.2) is 23.1 Å². The van der Waals surface area contributed by atoms with E-state index in [-0.39, 0.29) is 0 Å². The zero-order chi connectivity index (χ0) is 9.68. The molecule has 3 heteroatoms. The van der Waals surface area contributed by atoms with Crippen LogP contribution in [0.4, 0.5) is 5.69 Å². The lowest BCUT2D eigenvalue weighted by molar-refractivity contribution is 1.10. The SMILES string of the molecule is CCCSc1cccc(N)c1C#N. The van der Waals surface area contributed by atoms with E-state index in [0.717, 1.165) is 17.1 Å². The first kappa shape index (κ1) is 9.94. The van der Waals surface area contributed by atoms with E-state index in [4.69, 9.17) is 11.0 Å². The van der Waals surface area contributed by atoms with Gasteiger partial charge in [-0.15, -0.1) is 11.8 Å². The smallest absolute Gasteiger partial charge is 0.102 e. The van der Waals surface area contributed by atoms with Crippen molar-refractivity contribution in [2.24, 2.45) is 0 Å². The van der Waals surface area contributed by atoms with Gasteiger partial charge >= 0.3 is 0 Å². The molecule has 1 rings (SSSR count). The van der Waals surface area contributed by atoms with Crippen LogP contribution in [0.3, 0.4) is 0 Å². The lowest BCUT2D eigenvalue weighted by Gasteiger charge is -2.04. The number of benzene rings is 1. The first-order valence-electron chi connectivity index (χ1n) is 4.21. The molecule has 0 amide bonds. The van der Waals surface area contributed by atoms with Crippen molar-refractivity contribution in [2.45, 2.75) is 18.2 Å². The summed E-state index contributed by atoms with van der Waals surface area (Å²) in [6, 6.07) is 7.71. The third-order valence-electron chi connectivity index (χ3n) is 1.63. The molecule has 0 saturated carbocycles. The summed E-state index contributed by atoms with van der Waals surface area (Å²) >= 11 is 1.68. The quantitative estimate of drug-likeness (QED) is 0.591. The van der Waals surface area contributed by atoms with Gasteiger partial charge in [-0.05, 0) is 24.3 Å². The highest BCUT2D eigenvalue weighted by Gasteiger charge is 2.04. The lowest BCUT2D eigenvalue weighted by atomic mass is 10.2. The standard InChI is InChI=1S/C10H12N2S/c1-2-6-13-10-5-3-4-9(12)8(10)7-11/h3-5H,2,6,12H2,1H3. The highest BCUT2D eigenvalue weighted by atomic mass is 32.2. The molecule has 1 aromatic carbocycles. The van der Waals surface area contributed by atoms with Gasteiger partial charge in [0.15, 0.2) is 0 Å². The molecular weight excluding hydrogens is 180 g/mol. The minimum Gasteiger partial charge on any atom is -0.398 e. The molecule has 0 bridgehead atoms. The fourth-order valence-corrected chi connectivity index (χ4v) is 1.91. The van der Waals surface area contributed by atoms with Crippen LogP contribution in [0, 0.1) is 11.3 Å². The molecule has 0 radical (unpaired) electrons. The van der Waals surface area contributed by atoms with Gasteiger partial charge in [0.25, 0.3) is 0 Å². The van der Waals surface area contributed by atoms with Crippen molar-refractivity contribution < 1.29 is 0 Å². The third kappa shape index (κ3) is 2.40. The summed E-state index contributed by atoms with van der Waals surface area (Å²) in [5.74, 6) is 1.03. The Morgan fingerprint density at radius 2 is 2.31 bits per heavy atom. The first-order valence-corrected chi connectivity index (χ1v) is 5.19. The van der Waals surface area contributed by atoms with Gasteiger partial charge in [0.1, 0.15) is 6.07 Å². The van der Waals surface area contributed by atoms with E-state index in [2.05, 4.69) is 13.0 Å². The van der Waals surface area contributed by atoms with E-state index in [9.17, 15) is 0 Å². The Hall–Kier alpha value is -1.14. The second kappa shape index (κ2) is 4.78. The van der Waals surface area contributed by atoms with Crippen molar-refractivity contribution in [1.82, 2.24) is 0 Å². The number of hydrogen-bond donors (Lipinski definition) is 1. The number of thioether (sulfide) groups is 1. The summed E-state index contributed by atoms with van der Waals surface area (Å²) < 4.78 is 0. The van der Waals surface area contributed by atoms with Crippen LogP contribution in [-0.2, 0) is 0 Å². The Morgan fingerprint density at radius 1 is 1.54 bits per heavy atom. The number of rotatable bonds is 3. The first-order chi connectivity index (χ1) is 6.29. The maximum Gasteiger partial charge on any atom is 0.102 e. The Morgan fingerprint density at radius 3 is 2.92 bits per heavy atom. The van der Waals surface area contributed by atoms with Gasteiger partial charge < -0.3 is 5.73 Å². The van der Waals surface area contributed by atoms with Gasteiger partial charge in [-0.1, -0.05) is 13.0 Å². The molecule has 1 aromatic rings. The van der Waals surface area contributed by atoms with Crippen molar-refractivity contribution >= 4 is 17.4 Å². The Labute approximate surface area is 82.7 Å². The molecule has 68 valence electrons. The maximum atomic E-state index is 8.86. The number of nitriles is 1. The molecule has 13 heavy (non-hydrogen) atoms. The van der Waals surface area contributed by atoms with Gasteiger partial charge in [0.05, 0.1) is 11.3 Å². The van der Waals surface area contributed by atoms with Gasteiger partial charge in [0, 0.05) is 4.90 Å². The minimum absolute atomic E-state index is 0.573. The van der Waals surface area contributed by atoms with Crippen LogP contribution in [0.5, 0.6) is 0 Å². The minimum atomic E-state index is 0.573.